The van der Waals surface area contributed by atoms with Gasteiger partial charge in [0.2, 0.25) is 5.88 Å². The van der Waals surface area contributed by atoms with Crippen LogP contribution >= 0.6 is 0 Å². The standard InChI is InChI=1S/C17H22N2O/c1-4-12(2)14-5-7-16(8-6-14)20-17-11-15(13(3)18)9-10-19-17/h5-13H,4,18H2,1-3H3/t12?,13-/m0/s1. The van der Waals surface area contributed by atoms with Gasteiger partial charge in [0.15, 0.2) is 0 Å². The van der Waals surface area contributed by atoms with Crippen LogP contribution in [0, 0.1) is 0 Å². The number of benzene rings is 1. The SMILES string of the molecule is CCC(C)c1ccc(Oc2cc([C@H](C)N)ccn2)cc1. The second-order valence-electron chi connectivity index (χ2n) is 5.20. The molecule has 2 aromatic rings. The molecule has 106 valence electrons. The molecule has 0 fully saturated rings. The minimum atomic E-state index is -0.0203. The highest BCUT2D eigenvalue weighted by atomic mass is 16.5. The van der Waals surface area contributed by atoms with Crippen LogP contribution < -0.4 is 10.5 Å². The summed E-state index contributed by atoms with van der Waals surface area (Å²) in [7, 11) is 0. The first kappa shape index (κ1) is 14.5. The minimum Gasteiger partial charge on any atom is -0.439 e. The molecular formula is C17H22N2O. The van der Waals surface area contributed by atoms with E-state index in [0.717, 1.165) is 17.7 Å². The highest BCUT2D eigenvalue weighted by Crippen LogP contribution is 2.25. The quantitative estimate of drug-likeness (QED) is 0.875. The Kier molecular flexibility index (Phi) is 4.74. The fraction of sp³-hybridized carbons (Fsp3) is 0.353. The van der Waals surface area contributed by atoms with E-state index in [4.69, 9.17) is 10.5 Å². The Morgan fingerprint density at radius 1 is 1.10 bits per heavy atom. The normalized spacial score (nSPS) is 13.8. The van der Waals surface area contributed by atoms with Gasteiger partial charge in [-0.2, -0.15) is 0 Å². The summed E-state index contributed by atoms with van der Waals surface area (Å²) in [4.78, 5) is 4.21. The molecule has 0 saturated heterocycles. The molecule has 3 heteroatoms. The average molecular weight is 270 g/mol. The van der Waals surface area contributed by atoms with Gasteiger partial charge in [-0.15, -0.1) is 0 Å². The fourth-order valence-electron chi connectivity index (χ4n) is 1.98. The highest BCUT2D eigenvalue weighted by molar-refractivity contribution is 5.33. The third-order valence-electron chi connectivity index (χ3n) is 3.57. The molecule has 2 N–H and O–H groups in total. The zero-order valence-electron chi connectivity index (χ0n) is 12.3. The molecule has 0 aliphatic heterocycles. The number of ether oxygens (including phenoxy) is 1. The van der Waals surface area contributed by atoms with Crippen LogP contribution in [0.15, 0.2) is 42.6 Å². The van der Waals surface area contributed by atoms with Crippen molar-refractivity contribution in [2.45, 2.75) is 39.2 Å². The molecule has 3 nitrogen and oxygen atoms in total. The summed E-state index contributed by atoms with van der Waals surface area (Å²) < 4.78 is 5.77. The summed E-state index contributed by atoms with van der Waals surface area (Å²) in [5.41, 5.74) is 8.21. The molecule has 0 aliphatic carbocycles. The summed E-state index contributed by atoms with van der Waals surface area (Å²) in [6.07, 6.45) is 2.86. The zero-order valence-corrected chi connectivity index (χ0v) is 12.3. The maximum atomic E-state index is 5.86. The summed E-state index contributed by atoms with van der Waals surface area (Å²) in [5.74, 6) is 1.95. The van der Waals surface area contributed by atoms with Crippen LogP contribution in [-0.2, 0) is 0 Å². The maximum Gasteiger partial charge on any atom is 0.219 e. The summed E-state index contributed by atoms with van der Waals surface area (Å²) >= 11 is 0. The number of hydrogen-bond acceptors (Lipinski definition) is 3. The van der Waals surface area contributed by atoms with Crippen molar-refractivity contribution < 1.29 is 4.74 Å². The van der Waals surface area contributed by atoms with Crippen molar-refractivity contribution in [3.63, 3.8) is 0 Å². The molecule has 1 aromatic carbocycles. The molecular weight excluding hydrogens is 248 g/mol. The summed E-state index contributed by atoms with van der Waals surface area (Å²) in [6, 6.07) is 12.0. The Balaban J connectivity index is 2.12. The van der Waals surface area contributed by atoms with Crippen molar-refractivity contribution >= 4 is 0 Å². The number of nitrogens with zero attached hydrogens (tertiary/aromatic N) is 1. The minimum absolute atomic E-state index is 0.0203. The van der Waals surface area contributed by atoms with Crippen LogP contribution in [0.4, 0.5) is 0 Å². The van der Waals surface area contributed by atoms with Crippen molar-refractivity contribution in [3.8, 4) is 11.6 Å². The topological polar surface area (TPSA) is 48.1 Å². The Morgan fingerprint density at radius 3 is 2.40 bits per heavy atom. The van der Waals surface area contributed by atoms with Gasteiger partial charge in [0.1, 0.15) is 5.75 Å². The number of hydrogen-bond donors (Lipinski definition) is 1. The van der Waals surface area contributed by atoms with Crippen LogP contribution in [0.3, 0.4) is 0 Å². The molecule has 1 unspecified atom stereocenters. The largest absolute Gasteiger partial charge is 0.439 e. The van der Waals surface area contributed by atoms with E-state index in [-0.39, 0.29) is 6.04 Å². The molecule has 2 atom stereocenters. The van der Waals surface area contributed by atoms with E-state index >= 15 is 0 Å². The number of nitrogens with two attached hydrogens (primary N) is 1. The molecule has 0 radical (unpaired) electrons. The Bertz CT molecular complexity index is 549. The van der Waals surface area contributed by atoms with E-state index in [2.05, 4.69) is 31.0 Å². The lowest BCUT2D eigenvalue weighted by molar-refractivity contribution is 0.461. The predicted octanol–water partition coefficient (Wildman–Crippen LogP) is 4.41. The molecule has 0 amide bonds. The first-order valence-corrected chi connectivity index (χ1v) is 7.09. The molecule has 1 aromatic heterocycles. The molecule has 0 saturated carbocycles. The van der Waals surface area contributed by atoms with Gasteiger partial charge in [-0.3, -0.25) is 0 Å². The van der Waals surface area contributed by atoms with Gasteiger partial charge < -0.3 is 10.5 Å². The van der Waals surface area contributed by atoms with Crippen LogP contribution in [0.1, 0.15) is 50.3 Å². The number of aromatic nitrogens is 1. The van der Waals surface area contributed by atoms with E-state index in [0.29, 0.717) is 11.8 Å². The van der Waals surface area contributed by atoms with E-state index in [1.165, 1.54) is 5.56 Å². The maximum absolute atomic E-state index is 5.86. The van der Waals surface area contributed by atoms with E-state index in [1.807, 2.05) is 31.2 Å². The monoisotopic (exact) mass is 270 g/mol. The van der Waals surface area contributed by atoms with Gasteiger partial charge in [-0.05, 0) is 48.6 Å². The van der Waals surface area contributed by atoms with Crippen molar-refractivity contribution in [1.29, 1.82) is 0 Å². The number of pyridine rings is 1. The lowest BCUT2D eigenvalue weighted by Gasteiger charge is -2.11. The molecule has 1 heterocycles. The third-order valence-corrected chi connectivity index (χ3v) is 3.57. The van der Waals surface area contributed by atoms with Crippen molar-refractivity contribution in [1.82, 2.24) is 4.98 Å². The highest BCUT2D eigenvalue weighted by Gasteiger charge is 2.05. The second kappa shape index (κ2) is 6.53. The van der Waals surface area contributed by atoms with E-state index < -0.39 is 0 Å². The zero-order chi connectivity index (χ0) is 14.5. The fourth-order valence-corrected chi connectivity index (χ4v) is 1.98. The molecule has 2 rings (SSSR count). The Morgan fingerprint density at radius 2 is 1.80 bits per heavy atom. The Labute approximate surface area is 120 Å². The molecule has 20 heavy (non-hydrogen) atoms. The molecule has 0 spiro atoms. The lowest BCUT2D eigenvalue weighted by Crippen LogP contribution is -2.05. The van der Waals surface area contributed by atoms with Gasteiger partial charge in [-0.1, -0.05) is 26.0 Å². The van der Waals surface area contributed by atoms with Crippen LogP contribution in [0.25, 0.3) is 0 Å². The van der Waals surface area contributed by atoms with Gasteiger partial charge in [-0.25, -0.2) is 4.98 Å². The van der Waals surface area contributed by atoms with Gasteiger partial charge in [0.05, 0.1) is 0 Å². The van der Waals surface area contributed by atoms with E-state index in [1.54, 1.807) is 6.20 Å². The van der Waals surface area contributed by atoms with Crippen molar-refractivity contribution in [2.75, 3.05) is 0 Å². The third kappa shape index (κ3) is 3.58. The summed E-state index contributed by atoms with van der Waals surface area (Å²) in [6.45, 7) is 6.36. The summed E-state index contributed by atoms with van der Waals surface area (Å²) in [5, 5.41) is 0. The van der Waals surface area contributed by atoms with Gasteiger partial charge >= 0.3 is 0 Å². The van der Waals surface area contributed by atoms with Gasteiger partial charge in [0.25, 0.3) is 0 Å². The Hall–Kier alpha value is -1.87. The number of rotatable bonds is 5. The van der Waals surface area contributed by atoms with Crippen LogP contribution in [-0.4, -0.2) is 4.98 Å². The van der Waals surface area contributed by atoms with Crippen molar-refractivity contribution in [3.05, 3.63) is 53.7 Å². The first-order chi connectivity index (χ1) is 9.60. The average Bonchev–Trinajstić information content (AvgIpc) is 2.47. The smallest absolute Gasteiger partial charge is 0.219 e. The van der Waals surface area contributed by atoms with E-state index in [9.17, 15) is 0 Å². The molecule has 0 bridgehead atoms. The second-order valence-corrected chi connectivity index (χ2v) is 5.20. The van der Waals surface area contributed by atoms with Crippen LogP contribution in [0.2, 0.25) is 0 Å². The van der Waals surface area contributed by atoms with Gasteiger partial charge in [0, 0.05) is 18.3 Å². The lowest BCUT2D eigenvalue weighted by atomic mass is 9.99. The molecule has 0 aliphatic rings. The predicted molar refractivity (Wildman–Crippen MR) is 82.1 cm³/mol. The van der Waals surface area contributed by atoms with Crippen LogP contribution in [0.5, 0.6) is 11.6 Å². The first-order valence-electron chi connectivity index (χ1n) is 7.09. The van der Waals surface area contributed by atoms with Crippen molar-refractivity contribution in [2.24, 2.45) is 5.73 Å².